The number of carbonyl (C=O) groups is 1. The third-order valence-corrected chi connectivity index (χ3v) is 3.82. The molecule has 7 heteroatoms. The fourth-order valence-electron chi connectivity index (χ4n) is 2.36. The smallest absolute Gasteiger partial charge is 0.260 e. The molecule has 0 unspecified atom stereocenters. The molecule has 0 radical (unpaired) electrons. The van der Waals surface area contributed by atoms with Gasteiger partial charge < -0.3 is 15.4 Å². The van der Waals surface area contributed by atoms with Gasteiger partial charge in [-0.3, -0.25) is 4.79 Å². The molecule has 114 valence electrons. The first-order valence-corrected chi connectivity index (χ1v) is 7.25. The maximum Gasteiger partial charge on any atom is 0.260 e. The molecule has 1 aromatic heterocycles. The lowest BCUT2D eigenvalue weighted by molar-refractivity contribution is -0.134. The van der Waals surface area contributed by atoms with E-state index in [2.05, 4.69) is 9.97 Å². The largest absolute Gasteiger partial charge is 0.484 e. The number of benzene rings is 1. The van der Waals surface area contributed by atoms with E-state index in [1.54, 1.807) is 29.2 Å². The minimum atomic E-state index is -0.0854. The molecule has 2 heterocycles. The molecule has 22 heavy (non-hydrogen) atoms. The van der Waals surface area contributed by atoms with Gasteiger partial charge in [-0.1, -0.05) is 11.6 Å². The highest BCUT2D eigenvalue weighted by molar-refractivity contribution is 6.30. The van der Waals surface area contributed by atoms with Crippen molar-refractivity contribution in [2.24, 2.45) is 0 Å². The van der Waals surface area contributed by atoms with Gasteiger partial charge >= 0.3 is 0 Å². The van der Waals surface area contributed by atoms with Crippen molar-refractivity contribution >= 4 is 23.3 Å². The van der Waals surface area contributed by atoms with Crippen LogP contribution in [0.3, 0.4) is 0 Å². The van der Waals surface area contributed by atoms with Gasteiger partial charge in [-0.05, 0) is 30.7 Å². The van der Waals surface area contributed by atoms with Crippen molar-refractivity contribution in [3.05, 3.63) is 46.9 Å². The monoisotopic (exact) mass is 318 g/mol. The zero-order valence-corrected chi connectivity index (χ0v) is 12.6. The number of aromatic nitrogens is 2. The Morgan fingerprint density at radius 2 is 2.09 bits per heavy atom. The quantitative estimate of drug-likeness (QED) is 0.931. The molecule has 1 aromatic carbocycles. The Labute approximate surface area is 132 Å². The second kappa shape index (κ2) is 6.19. The van der Waals surface area contributed by atoms with Crippen LogP contribution in [0.15, 0.2) is 30.6 Å². The Bertz CT molecular complexity index is 690. The Morgan fingerprint density at radius 3 is 2.86 bits per heavy atom. The lowest BCUT2D eigenvalue weighted by Crippen LogP contribution is -2.39. The van der Waals surface area contributed by atoms with Crippen LogP contribution < -0.4 is 10.5 Å². The molecule has 6 nitrogen and oxygen atoms in total. The van der Waals surface area contributed by atoms with Crippen molar-refractivity contribution in [2.45, 2.75) is 13.0 Å². The topological polar surface area (TPSA) is 81.3 Å². The SMILES string of the molecule is Nc1ncnc2c1CCN(C(=O)COc1ccc(Cl)cc1)C2. The van der Waals surface area contributed by atoms with E-state index >= 15 is 0 Å². The van der Waals surface area contributed by atoms with E-state index in [9.17, 15) is 4.79 Å². The lowest BCUT2D eigenvalue weighted by Gasteiger charge is -2.28. The second-order valence-electron chi connectivity index (χ2n) is 4.99. The molecule has 0 fully saturated rings. The van der Waals surface area contributed by atoms with Crippen LogP contribution in [0.5, 0.6) is 5.75 Å². The first-order valence-electron chi connectivity index (χ1n) is 6.88. The number of ether oxygens (including phenoxy) is 1. The number of nitrogen functional groups attached to an aromatic ring is 1. The van der Waals surface area contributed by atoms with Gasteiger partial charge in [-0.25, -0.2) is 9.97 Å². The van der Waals surface area contributed by atoms with Crippen LogP contribution in [0.1, 0.15) is 11.3 Å². The van der Waals surface area contributed by atoms with Crippen LogP contribution in [-0.2, 0) is 17.8 Å². The molecule has 1 aliphatic heterocycles. The van der Waals surface area contributed by atoms with Gasteiger partial charge in [0.05, 0.1) is 12.2 Å². The molecule has 1 aliphatic rings. The molecule has 0 saturated heterocycles. The third kappa shape index (κ3) is 3.12. The second-order valence-corrected chi connectivity index (χ2v) is 5.43. The molecule has 3 rings (SSSR count). The van der Waals surface area contributed by atoms with E-state index < -0.39 is 0 Å². The summed E-state index contributed by atoms with van der Waals surface area (Å²) in [5.74, 6) is 1.02. The summed E-state index contributed by atoms with van der Waals surface area (Å²) in [4.78, 5) is 22.1. The van der Waals surface area contributed by atoms with E-state index in [0.29, 0.717) is 36.1 Å². The molecule has 1 amide bonds. The number of hydrogen-bond acceptors (Lipinski definition) is 5. The number of carbonyl (C=O) groups excluding carboxylic acids is 1. The molecule has 0 aliphatic carbocycles. The van der Waals surface area contributed by atoms with Crippen molar-refractivity contribution in [2.75, 3.05) is 18.9 Å². The maximum absolute atomic E-state index is 12.2. The van der Waals surface area contributed by atoms with E-state index in [1.165, 1.54) is 6.33 Å². The number of amides is 1. The van der Waals surface area contributed by atoms with Crippen LogP contribution in [0.4, 0.5) is 5.82 Å². The number of nitrogens with two attached hydrogens (primary N) is 1. The minimum absolute atomic E-state index is 0.0163. The Hall–Kier alpha value is -2.34. The van der Waals surface area contributed by atoms with Crippen LogP contribution in [0.25, 0.3) is 0 Å². The first kappa shape index (κ1) is 14.6. The Morgan fingerprint density at radius 1 is 1.32 bits per heavy atom. The predicted molar refractivity (Wildman–Crippen MR) is 82.5 cm³/mol. The summed E-state index contributed by atoms with van der Waals surface area (Å²) in [5, 5.41) is 0.628. The van der Waals surface area contributed by atoms with E-state index in [0.717, 1.165) is 11.3 Å². The van der Waals surface area contributed by atoms with Crippen molar-refractivity contribution in [1.29, 1.82) is 0 Å². The Kier molecular flexibility index (Phi) is 4.11. The molecular weight excluding hydrogens is 304 g/mol. The summed E-state index contributed by atoms with van der Waals surface area (Å²) in [6, 6.07) is 6.90. The fourth-order valence-corrected chi connectivity index (χ4v) is 2.49. The van der Waals surface area contributed by atoms with E-state index in [4.69, 9.17) is 22.1 Å². The first-order chi connectivity index (χ1) is 10.6. The molecular formula is C15H15ClN4O2. The summed E-state index contributed by atoms with van der Waals surface area (Å²) >= 11 is 5.80. The summed E-state index contributed by atoms with van der Waals surface area (Å²) < 4.78 is 5.48. The van der Waals surface area contributed by atoms with Crippen molar-refractivity contribution < 1.29 is 9.53 Å². The summed E-state index contributed by atoms with van der Waals surface area (Å²) in [5.41, 5.74) is 7.56. The standard InChI is InChI=1S/C15H15ClN4O2/c16-10-1-3-11(4-2-10)22-8-14(21)20-6-5-12-13(7-20)18-9-19-15(12)17/h1-4,9H,5-8H2,(H2,17,18,19). The Balaban J connectivity index is 1.61. The van der Waals surface area contributed by atoms with Gasteiger partial charge in [-0.2, -0.15) is 0 Å². The van der Waals surface area contributed by atoms with Gasteiger partial charge in [0.25, 0.3) is 5.91 Å². The molecule has 0 atom stereocenters. The predicted octanol–water partition coefficient (Wildman–Crippen LogP) is 1.68. The fraction of sp³-hybridized carbons (Fsp3) is 0.267. The van der Waals surface area contributed by atoms with Crippen molar-refractivity contribution in [1.82, 2.24) is 14.9 Å². The highest BCUT2D eigenvalue weighted by atomic mass is 35.5. The number of halogens is 1. The molecule has 2 N–H and O–H groups in total. The van der Waals surface area contributed by atoms with Gasteiger partial charge in [-0.15, -0.1) is 0 Å². The third-order valence-electron chi connectivity index (χ3n) is 3.57. The van der Waals surface area contributed by atoms with E-state index in [1.807, 2.05) is 0 Å². The number of hydrogen-bond donors (Lipinski definition) is 1. The molecule has 0 spiro atoms. The highest BCUT2D eigenvalue weighted by Gasteiger charge is 2.23. The maximum atomic E-state index is 12.2. The number of anilines is 1. The summed E-state index contributed by atoms with van der Waals surface area (Å²) in [7, 11) is 0. The normalized spacial score (nSPS) is 13.6. The van der Waals surface area contributed by atoms with Crippen LogP contribution >= 0.6 is 11.6 Å². The van der Waals surface area contributed by atoms with Gasteiger partial charge in [0, 0.05) is 17.1 Å². The van der Waals surface area contributed by atoms with Gasteiger partial charge in [0.1, 0.15) is 17.9 Å². The highest BCUT2D eigenvalue weighted by Crippen LogP contribution is 2.21. The van der Waals surface area contributed by atoms with Crippen LogP contribution in [0, 0.1) is 0 Å². The number of nitrogens with zero attached hydrogens (tertiary/aromatic N) is 3. The zero-order valence-electron chi connectivity index (χ0n) is 11.8. The minimum Gasteiger partial charge on any atom is -0.484 e. The average Bonchev–Trinajstić information content (AvgIpc) is 2.54. The average molecular weight is 319 g/mol. The van der Waals surface area contributed by atoms with Crippen molar-refractivity contribution in [3.63, 3.8) is 0 Å². The van der Waals surface area contributed by atoms with Crippen molar-refractivity contribution in [3.8, 4) is 5.75 Å². The van der Waals surface area contributed by atoms with E-state index in [-0.39, 0.29) is 12.5 Å². The lowest BCUT2D eigenvalue weighted by atomic mass is 10.1. The molecule has 0 bridgehead atoms. The molecule has 0 saturated carbocycles. The van der Waals surface area contributed by atoms with Crippen LogP contribution in [0.2, 0.25) is 5.02 Å². The number of fused-ring (bicyclic) bond motifs is 1. The zero-order chi connectivity index (χ0) is 15.5. The summed E-state index contributed by atoms with van der Waals surface area (Å²) in [6.07, 6.45) is 2.08. The van der Waals surface area contributed by atoms with Gasteiger partial charge in [0.15, 0.2) is 6.61 Å². The van der Waals surface area contributed by atoms with Crippen LogP contribution in [-0.4, -0.2) is 33.9 Å². The summed E-state index contributed by atoms with van der Waals surface area (Å²) in [6.45, 7) is 1.01. The number of rotatable bonds is 3. The molecule has 2 aromatic rings. The van der Waals surface area contributed by atoms with Gasteiger partial charge in [0.2, 0.25) is 0 Å².